The molecule has 1 aromatic carbocycles. The maximum Gasteiger partial charge on any atom is 0.234 e. The van der Waals surface area contributed by atoms with E-state index in [1.54, 1.807) is 11.3 Å². The topological polar surface area (TPSA) is 43.1 Å². The van der Waals surface area contributed by atoms with Gasteiger partial charge in [-0.2, -0.15) is 9.61 Å². The zero-order chi connectivity index (χ0) is 14.1. The molecule has 20 heavy (non-hydrogen) atoms. The number of nitrogens with zero attached hydrogens (tertiary/aromatic N) is 4. The van der Waals surface area contributed by atoms with Crippen LogP contribution in [0.3, 0.4) is 0 Å². The van der Waals surface area contributed by atoms with Crippen LogP contribution in [-0.4, -0.2) is 19.8 Å². The molecule has 0 aliphatic heterocycles. The minimum Gasteiger partial charge on any atom is -0.187 e. The molecular weight excluding hydrogens is 268 g/mol. The Morgan fingerprint density at radius 1 is 1.15 bits per heavy atom. The lowest BCUT2D eigenvalue weighted by Gasteiger charge is -2.01. The maximum absolute atomic E-state index is 4.68. The third-order valence-corrected chi connectivity index (χ3v) is 4.51. The quantitative estimate of drug-likeness (QED) is 0.732. The highest BCUT2D eigenvalue weighted by Gasteiger charge is 2.12. The van der Waals surface area contributed by atoms with E-state index in [4.69, 9.17) is 0 Å². The molecule has 104 valence electrons. The molecule has 0 fully saturated rings. The number of benzene rings is 1. The van der Waals surface area contributed by atoms with Gasteiger partial charge in [-0.05, 0) is 37.5 Å². The van der Waals surface area contributed by atoms with Crippen molar-refractivity contribution in [2.24, 2.45) is 0 Å². The molecule has 2 aromatic heterocycles. The van der Waals surface area contributed by atoms with E-state index in [0.717, 1.165) is 40.6 Å². The molecule has 0 aliphatic rings. The average molecular weight is 286 g/mol. The standard InChI is InChI=1S/C15H18N4S/c1-4-5-6-13-16-17-15-19(13)18-14(20-15)12-8-7-10(2)11(3)9-12/h7-9H,4-6H2,1-3H3. The fourth-order valence-corrected chi connectivity index (χ4v) is 2.99. The molecule has 0 unspecified atom stereocenters. The van der Waals surface area contributed by atoms with Crippen LogP contribution < -0.4 is 0 Å². The molecule has 5 heteroatoms. The van der Waals surface area contributed by atoms with Gasteiger partial charge in [0.05, 0.1) is 0 Å². The van der Waals surface area contributed by atoms with E-state index in [1.807, 2.05) is 4.52 Å². The molecule has 3 rings (SSSR count). The van der Waals surface area contributed by atoms with E-state index in [1.165, 1.54) is 11.1 Å². The van der Waals surface area contributed by atoms with Crippen LogP contribution in [0.15, 0.2) is 18.2 Å². The monoisotopic (exact) mass is 286 g/mol. The minimum absolute atomic E-state index is 0.879. The first-order valence-electron chi connectivity index (χ1n) is 6.97. The molecule has 0 bridgehead atoms. The van der Waals surface area contributed by atoms with Crippen LogP contribution in [0, 0.1) is 13.8 Å². The molecule has 0 N–H and O–H groups in total. The van der Waals surface area contributed by atoms with Crippen LogP contribution in [0.1, 0.15) is 36.7 Å². The Morgan fingerprint density at radius 2 is 2.00 bits per heavy atom. The van der Waals surface area contributed by atoms with Gasteiger partial charge in [0.15, 0.2) is 5.82 Å². The zero-order valence-electron chi connectivity index (χ0n) is 12.1. The first kappa shape index (κ1) is 13.2. The van der Waals surface area contributed by atoms with Crippen molar-refractivity contribution in [1.29, 1.82) is 0 Å². The molecule has 0 saturated carbocycles. The summed E-state index contributed by atoms with van der Waals surface area (Å²) < 4.78 is 1.89. The largest absolute Gasteiger partial charge is 0.234 e. The summed E-state index contributed by atoms with van der Waals surface area (Å²) in [6.07, 6.45) is 3.22. The van der Waals surface area contributed by atoms with E-state index in [-0.39, 0.29) is 0 Å². The molecule has 4 nitrogen and oxygen atoms in total. The smallest absolute Gasteiger partial charge is 0.187 e. The predicted molar refractivity (Wildman–Crippen MR) is 82.2 cm³/mol. The normalized spacial score (nSPS) is 11.3. The number of rotatable bonds is 4. The van der Waals surface area contributed by atoms with Crippen molar-refractivity contribution in [1.82, 2.24) is 19.8 Å². The Labute approximate surface area is 122 Å². The van der Waals surface area contributed by atoms with Crippen molar-refractivity contribution < 1.29 is 0 Å². The summed E-state index contributed by atoms with van der Waals surface area (Å²) in [7, 11) is 0. The van der Waals surface area contributed by atoms with Gasteiger partial charge in [0.2, 0.25) is 4.96 Å². The van der Waals surface area contributed by atoms with Crippen LogP contribution >= 0.6 is 11.3 Å². The highest BCUT2D eigenvalue weighted by Crippen LogP contribution is 2.27. The van der Waals surface area contributed by atoms with Crippen LogP contribution in [-0.2, 0) is 6.42 Å². The molecule has 3 aromatic rings. The predicted octanol–water partition coefficient (Wildman–Crippen LogP) is 3.81. The van der Waals surface area contributed by atoms with E-state index in [9.17, 15) is 0 Å². The van der Waals surface area contributed by atoms with Crippen molar-refractivity contribution >= 4 is 16.3 Å². The molecule has 2 heterocycles. The fourth-order valence-electron chi connectivity index (χ4n) is 2.14. The third kappa shape index (κ3) is 2.33. The molecular formula is C15H18N4S. The lowest BCUT2D eigenvalue weighted by molar-refractivity contribution is 0.723. The van der Waals surface area contributed by atoms with Gasteiger partial charge in [0.25, 0.3) is 0 Å². The van der Waals surface area contributed by atoms with Gasteiger partial charge in [-0.3, -0.25) is 0 Å². The second-order valence-corrected chi connectivity index (χ2v) is 6.08. The van der Waals surface area contributed by atoms with E-state index in [2.05, 4.69) is 54.3 Å². The number of hydrogen-bond acceptors (Lipinski definition) is 4. The molecule has 0 atom stereocenters. The second-order valence-electron chi connectivity index (χ2n) is 5.12. The highest BCUT2D eigenvalue weighted by molar-refractivity contribution is 7.19. The Bertz CT molecular complexity index is 741. The first-order valence-corrected chi connectivity index (χ1v) is 7.79. The van der Waals surface area contributed by atoms with Gasteiger partial charge in [-0.15, -0.1) is 10.2 Å². The van der Waals surface area contributed by atoms with Crippen LogP contribution in [0.25, 0.3) is 15.5 Å². The third-order valence-electron chi connectivity index (χ3n) is 3.56. The fraction of sp³-hybridized carbons (Fsp3) is 0.400. The average Bonchev–Trinajstić information content (AvgIpc) is 3.00. The van der Waals surface area contributed by atoms with Gasteiger partial charge in [0, 0.05) is 12.0 Å². The molecule has 0 saturated heterocycles. The summed E-state index contributed by atoms with van der Waals surface area (Å²) in [5, 5.41) is 14.1. The number of unbranched alkanes of at least 4 members (excludes halogenated alkanes) is 1. The summed E-state index contributed by atoms with van der Waals surface area (Å²) >= 11 is 1.60. The van der Waals surface area contributed by atoms with Crippen molar-refractivity contribution in [3.63, 3.8) is 0 Å². The van der Waals surface area contributed by atoms with E-state index >= 15 is 0 Å². The van der Waals surface area contributed by atoms with Crippen LogP contribution in [0.5, 0.6) is 0 Å². The first-order chi connectivity index (χ1) is 9.69. The van der Waals surface area contributed by atoms with Gasteiger partial charge in [-0.25, -0.2) is 0 Å². The van der Waals surface area contributed by atoms with Gasteiger partial charge < -0.3 is 0 Å². The highest BCUT2D eigenvalue weighted by atomic mass is 32.1. The number of aromatic nitrogens is 4. The van der Waals surface area contributed by atoms with Gasteiger partial charge in [0.1, 0.15) is 5.01 Å². The molecule has 0 radical (unpaired) electrons. The SMILES string of the molecule is CCCCc1nnc2sc(-c3ccc(C)c(C)c3)nn12. The summed E-state index contributed by atoms with van der Waals surface area (Å²) in [6, 6.07) is 6.46. The zero-order valence-corrected chi connectivity index (χ0v) is 12.9. The molecule has 0 amide bonds. The number of fused-ring (bicyclic) bond motifs is 1. The van der Waals surface area contributed by atoms with Crippen molar-refractivity contribution in [3.8, 4) is 10.6 Å². The van der Waals surface area contributed by atoms with Crippen molar-refractivity contribution in [3.05, 3.63) is 35.2 Å². The summed E-state index contributed by atoms with van der Waals surface area (Å²) in [4.78, 5) is 0.879. The lowest BCUT2D eigenvalue weighted by atomic mass is 10.1. The number of aryl methyl sites for hydroxylation is 3. The van der Waals surface area contributed by atoms with Crippen molar-refractivity contribution in [2.75, 3.05) is 0 Å². The molecule has 0 spiro atoms. The summed E-state index contributed by atoms with van der Waals surface area (Å²) in [5.74, 6) is 0.966. The lowest BCUT2D eigenvalue weighted by Crippen LogP contribution is -1.96. The second kappa shape index (κ2) is 5.32. The van der Waals surface area contributed by atoms with E-state index in [0.29, 0.717) is 0 Å². The number of hydrogen-bond donors (Lipinski definition) is 0. The van der Waals surface area contributed by atoms with Crippen molar-refractivity contribution in [2.45, 2.75) is 40.0 Å². The van der Waals surface area contributed by atoms with Gasteiger partial charge in [-0.1, -0.05) is 36.8 Å². The van der Waals surface area contributed by atoms with Gasteiger partial charge >= 0.3 is 0 Å². The Kier molecular flexibility index (Phi) is 3.53. The Balaban J connectivity index is 2.00. The minimum atomic E-state index is 0.879. The Morgan fingerprint density at radius 3 is 2.75 bits per heavy atom. The molecule has 0 aliphatic carbocycles. The van der Waals surface area contributed by atoms with E-state index < -0.39 is 0 Å². The maximum atomic E-state index is 4.68. The van der Waals surface area contributed by atoms with Crippen LogP contribution in [0.2, 0.25) is 0 Å². The summed E-state index contributed by atoms with van der Waals surface area (Å²) in [5.41, 5.74) is 3.75. The van der Waals surface area contributed by atoms with Crippen LogP contribution in [0.4, 0.5) is 0 Å². The summed E-state index contributed by atoms with van der Waals surface area (Å²) in [6.45, 7) is 6.44. The Hall–Kier alpha value is -1.75.